The molecule has 1 atom stereocenters. The summed E-state index contributed by atoms with van der Waals surface area (Å²) in [6.07, 6.45) is 6.05. The summed E-state index contributed by atoms with van der Waals surface area (Å²) in [7, 11) is 0. The van der Waals surface area contributed by atoms with Gasteiger partial charge in [0.05, 0.1) is 5.56 Å². The van der Waals surface area contributed by atoms with E-state index >= 15 is 0 Å². The van der Waals surface area contributed by atoms with Crippen LogP contribution >= 0.6 is 0 Å². The van der Waals surface area contributed by atoms with Crippen LogP contribution < -0.4 is 0 Å². The SMILES string of the molecule is CCCC1CCC(c2cc(F)c(C3CC(=O)c4c3ccc(F)c4F)c(F)c2)CC1. The van der Waals surface area contributed by atoms with Crippen molar-refractivity contribution in [1.29, 1.82) is 0 Å². The van der Waals surface area contributed by atoms with E-state index in [-0.39, 0.29) is 29.0 Å². The summed E-state index contributed by atoms with van der Waals surface area (Å²) >= 11 is 0. The first-order valence-corrected chi connectivity index (χ1v) is 10.4. The highest BCUT2D eigenvalue weighted by atomic mass is 19.2. The lowest BCUT2D eigenvalue weighted by Crippen LogP contribution is -2.14. The Hall–Kier alpha value is -2.17. The molecule has 154 valence electrons. The minimum absolute atomic E-state index is 0.130. The van der Waals surface area contributed by atoms with Crippen molar-refractivity contribution in [2.75, 3.05) is 0 Å². The average molecular weight is 404 g/mol. The summed E-state index contributed by atoms with van der Waals surface area (Å²) in [5, 5.41) is 0. The van der Waals surface area contributed by atoms with Crippen LogP contribution in [-0.4, -0.2) is 5.78 Å². The van der Waals surface area contributed by atoms with Gasteiger partial charge in [-0.25, -0.2) is 17.6 Å². The zero-order chi connectivity index (χ0) is 20.7. The third-order valence-electron chi connectivity index (χ3n) is 6.64. The predicted octanol–water partition coefficient (Wildman–Crippen LogP) is 7.04. The van der Waals surface area contributed by atoms with Crippen molar-refractivity contribution in [3.63, 3.8) is 0 Å². The van der Waals surface area contributed by atoms with Crippen molar-refractivity contribution in [3.05, 3.63) is 69.8 Å². The molecule has 0 amide bonds. The topological polar surface area (TPSA) is 17.1 Å². The first-order chi connectivity index (χ1) is 13.9. The van der Waals surface area contributed by atoms with Crippen molar-refractivity contribution in [1.82, 2.24) is 0 Å². The van der Waals surface area contributed by atoms with Gasteiger partial charge < -0.3 is 0 Å². The predicted molar refractivity (Wildman–Crippen MR) is 103 cm³/mol. The van der Waals surface area contributed by atoms with E-state index in [0.717, 1.165) is 38.2 Å². The molecule has 2 aromatic carbocycles. The van der Waals surface area contributed by atoms with Gasteiger partial charge in [0.15, 0.2) is 17.4 Å². The highest BCUT2D eigenvalue weighted by molar-refractivity contribution is 6.02. The second-order valence-corrected chi connectivity index (χ2v) is 8.41. The van der Waals surface area contributed by atoms with Crippen LogP contribution in [0.4, 0.5) is 17.6 Å². The van der Waals surface area contributed by atoms with Gasteiger partial charge in [-0.15, -0.1) is 0 Å². The van der Waals surface area contributed by atoms with E-state index in [1.165, 1.54) is 24.6 Å². The van der Waals surface area contributed by atoms with E-state index in [0.29, 0.717) is 11.5 Å². The zero-order valence-corrected chi connectivity index (χ0v) is 16.4. The monoisotopic (exact) mass is 404 g/mol. The third-order valence-corrected chi connectivity index (χ3v) is 6.64. The van der Waals surface area contributed by atoms with Crippen molar-refractivity contribution in [3.8, 4) is 0 Å². The summed E-state index contributed by atoms with van der Waals surface area (Å²) in [6.45, 7) is 2.17. The normalized spacial score (nSPS) is 24.0. The van der Waals surface area contributed by atoms with Gasteiger partial charge in [0, 0.05) is 17.9 Å². The fraction of sp³-hybridized carbons (Fsp3) is 0.458. The van der Waals surface area contributed by atoms with Gasteiger partial charge in [-0.1, -0.05) is 25.8 Å². The maximum atomic E-state index is 15.0. The molecule has 0 bridgehead atoms. The molecule has 0 aliphatic heterocycles. The Morgan fingerprint density at radius 3 is 2.21 bits per heavy atom. The first kappa shape index (κ1) is 20.1. The van der Waals surface area contributed by atoms with E-state index in [1.54, 1.807) is 0 Å². The Bertz CT molecular complexity index is 921. The van der Waals surface area contributed by atoms with Crippen molar-refractivity contribution >= 4 is 5.78 Å². The number of carbonyl (C=O) groups excluding carboxylic acids is 1. The maximum absolute atomic E-state index is 15.0. The molecule has 4 rings (SSSR count). The zero-order valence-electron chi connectivity index (χ0n) is 16.4. The number of benzene rings is 2. The minimum atomic E-state index is -1.24. The summed E-state index contributed by atoms with van der Waals surface area (Å²) < 4.78 is 57.5. The molecule has 29 heavy (non-hydrogen) atoms. The first-order valence-electron chi connectivity index (χ1n) is 10.4. The Morgan fingerprint density at radius 2 is 1.59 bits per heavy atom. The van der Waals surface area contributed by atoms with Gasteiger partial charge >= 0.3 is 0 Å². The van der Waals surface area contributed by atoms with Gasteiger partial charge in [0.25, 0.3) is 0 Å². The summed E-state index contributed by atoms with van der Waals surface area (Å²) in [4.78, 5) is 12.2. The van der Waals surface area contributed by atoms with Crippen LogP contribution in [0.25, 0.3) is 0 Å². The molecular weight excluding hydrogens is 380 g/mol. The van der Waals surface area contributed by atoms with Crippen molar-refractivity contribution in [2.24, 2.45) is 5.92 Å². The number of hydrogen-bond acceptors (Lipinski definition) is 1. The average Bonchev–Trinajstić information content (AvgIpc) is 3.01. The number of ketones is 1. The molecule has 1 nitrogen and oxygen atoms in total. The summed E-state index contributed by atoms with van der Waals surface area (Å²) in [5.74, 6) is -4.53. The molecule has 1 fully saturated rings. The highest BCUT2D eigenvalue weighted by Crippen LogP contribution is 2.43. The number of Topliss-reactive ketones (excluding diaryl/α,β-unsaturated/α-hetero) is 1. The van der Waals surface area contributed by atoms with Crippen molar-refractivity contribution in [2.45, 2.75) is 63.7 Å². The van der Waals surface area contributed by atoms with Gasteiger partial charge in [0.1, 0.15) is 11.6 Å². The quantitative estimate of drug-likeness (QED) is 0.500. The number of carbonyl (C=O) groups is 1. The fourth-order valence-electron chi connectivity index (χ4n) is 5.16. The lowest BCUT2D eigenvalue weighted by atomic mass is 9.77. The van der Waals surface area contributed by atoms with Crippen LogP contribution in [-0.2, 0) is 0 Å². The molecule has 2 aliphatic rings. The maximum Gasteiger partial charge on any atom is 0.169 e. The third kappa shape index (κ3) is 3.60. The summed E-state index contributed by atoms with van der Waals surface area (Å²) in [5.41, 5.74) is 0.187. The molecule has 0 aromatic heterocycles. The number of rotatable bonds is 4. The molecule has 0 radical (unpaired) electrons. The lowest BCUT2D eigenvalue weighted by molar-refractivity contribution is 0.0987. The van der Waals surface area contributed by atoms with E-state index in [4.69, 9.17) is 0 Å². The van der Waals surface area contributed by atoms with Gasteiger partial charge in [-0.3, -0.25) is 4.79 Å². The van der Waals surface area contributed by atoms with Gasteiger partial charge in [0.2, 0.25) is 0 Å². The number of hydrogen-bond donors (Lipinski definition) is 0. The summed E-state index contributed by atoms with van der Waals surface area (Å²) in [6, 6.07) is 4.89. The largest absolute Gasteiger partial charge is 0.294 e. The Labute approximate surface area is 168 Å². The molecular formula is C24H24F4O. The lowest BCUT2D eigenvalue weighted by Gasteiger charge is -2.29. The van der Waals surface area contributed by atoms with Crippen LogP contribution in [0.15, 0.2) is 24.3 Å². The smallest absolute Gasteiger partial charge is 0.169 e. The van der Waals surface area contributed by atoms with E-state index in [2.05, 4.69) is 6.92 Å². The molecule has 0 N–H and O–H groups in total. The molecule has 2 aliphatic carbocycles. The second-order valence-electron chi connectivity index (χ2n) is 8.41. The van der Waals surface area contributed by atoms with E-state index in [1.807, 2.05) is 0 Å². The Kier molecular flexibility index (Phi) is 5.50. The molecule has 5 heteroatoms. The highest BCUT2D eigenvalue weighted by Gasteiger charge is 2.37. The molecule has 1 saturated carbocycles. The van der Waals surface area contributed by atoms with Crippen LogP contribution in [0.2, 0.25) is 0 Å². The van der Waals surface area contributed by atoms with Crippen molar-refractivity contribution < 1.29 is 22.4 Å². The van der Waals surface area contributed by atoms with Gasteiger partial charge in [-0.05, 0) is 66.8 Å². The second kappa shape index (κ2) is 7.92. The van der Waals surface area contributed by atoms with E-state index < -0.39 is 35.0 Å². The Balaban J connectivity index is 1.63. The van der Waals surface area contributed by atoms with Crippen LogP contribution in [0.3, 0.4) is 0 Å². The Morgan fingerprint density at radius 1 is 0.931 bits per heavy atom. The molecule has 2 aromatic rings. The molecule has 1 unspecified atom stereocenters. The van der Waals surface area contributed by atoms with Crippen LogP contribution in [0.5, 0.6) is 0 Å². The fourth-order valence-corrected chi connectivity index (χ4v) is 5.16. The number of fused-ring (bicyclic) bond motifs is 1. The number of halogens is 4. The van der Waals surface area contributed by atoms with Gasteiger partial charge in [-0.2, -0.15) is 0 Å². The minimum Gasteiger partial charge on any atom is -0.294 e. The molecule has 0 spiro atoms. The molecule has 0 saturated heterocycles. The van der Waals surface area contributed by atoms with Crippen LogP contribution in [0, 0.1) is 29.2 Å². The molecule has 0 heterocycles. The van der Waals surface area contributed by atoms with Crippen LogP contribution in [0.1, 0.15) is 90.8 Å². The standard InChI is InChI=1S/C24H24F4O/c1-2-3-13-4-6-14(7-5-13)15-10-19(26)22(20(27)11-15)17-12-21(29)23-16(17)8-9-18(25)24(23)28/h8-11,13-14,17H,2-7,12H2,1H3. The van der Waals surface area contributed by atoms with E-state index in [9.17, 15) is 22.4 Å².